The number of nitrogens with zero attached hydrogens (tertiary/aromatic N) is 3. The van der Waals surface area contributed by atoms with E-state index in [1.165, 1.54) is 18.4 Å². The molecule has 24 heavy (non-hydrogen) atoms. The molecule has 1 atom stereocenters. The van der Waals surface area contributed by atoms with Crippen molar-refractivity contribution in [3.63, 3.8) is 0 Å². The lowest BCUT2D eigenvalue weighted by atomic mass is 10.0. The summed E-state index contributed by atoms with van der Waals surface area (Å²) in [5.74, 6) is 2.01. The maximum Gasteiger partial charge on any atom is 0.226 e. The number of piperidine rings is 1. The number of guanidine groups is 1. The predicted octanol–water partition coefficient (Wildman–Crippen LogP) is 3.24. The van der Waals surface area contributed by atoms with Gasteiger partial charge in [0.05, 0.1) is 5.69 Å². The third-order valence-corrected chi connectivity index (χ3v) is 4.47. The van der Waals surface area contributed by atoms with Crippen LogP contribution in [0.25, 0.3) is 11.5 Å². The Hall–Kier alpha value is -2.30. The molecular weight excluding hydrogens is 300 g/mol. The van der Waals surface area contributed by atoms with E-state index < -0.39 is 0 Å². The maximum absolute atomic E-state index is 6.12. The van der Waals surface area contributed by atoms with Crippen LogP contribution in [0.2, 0.25) is 0 Å². The molecule has 0 amide bonds. The van der Waals surface area contributed by atoms with Gasteiger partial charge in [-0.2, -0.15) is 0 Å². The molecule has 1 fully saturated rings. The normalized spacial score (nSPS) is 18.8. The molecule has 5 heteroatoms. The highest BCUT2D eigenvalue weighted by Gasteiger charge is 2.17. The molecule has 0 radical (unpaired) electrons. The van der Waals surface area contributed by atoms with Gasteiger partial charge in [-0.15, -0.1) is 0 Å². The van der Waals surface area contributed by atoms with Crippen molar-refractivity contribution in [1.29, 1.82) is 0 Å². The number of aryl methyl sites for hydroxylation is 1. The lowest BCUT2D eigenvalue weighted by Crippen LogP contribution is -2.43. The molecule has 1 unspecified atom stereocenters. The van der Waals surface area contributed by atoms with Gasteiger partial charge in [0.25, 0.3) is 0 Å². The minimum atomic E-state index is 0.636. The fraction of sp³-hybridized carbons (Fsp3) is 0.474. The van der Waals surface area contributed by atoms with Crippen LogP contribution in [0.3, 0.4) is 0 Å². The molecule has 1 aliphatic heterocycles. The van der Waals surface area contributed by atoms with Gasteiger partial charge >= 0.3 is 0 Å². The van der Waals surface area contributed by atoms with Crippen molar-refractivity contribution in [2.75, 3.05) is 19.6 Å². The fourth-order valence-electron chi connectivity index (χ4n) is 3.03. The molecule has 0 saturated carbocycles. The molecule has 3 rings (SSSR count). The number of likely N-dealkylation sites (tertiary alicyclic amines) is 1. The Kier molecular flexibility index (Phi) is 5.18. The topological polar surface area (TPSA) is 67.7 Å². The Bertz CT molecular complexity index is 690. The molecule has 1 aliphatic rings. The predicted molar refractivity (Wildman–Crippen MR) is 96.8 cm³/mol. The Morgan fingerprint density at radius 1 is 1.38 bits per heavy atom. The lowest BCUT2D eigenvalue weighted by molar-refractivity contribution is 0.270. The third kappa shape index (κ3) is 4.16. The molecule has 2 heterocycles. The van der Waals surface area contributed by atoms with Crippen LogP contribution in [0.5, 0.6) is 0 Å². The molecular formula is C19H26N4O. The first-order valence-corrected chi connectivity index (χ1v) is 8.68. The molecule has 0 spiro atoms. The number of hydrogen-bond donors (Lipinski definition) is 1. The molecule has 1 aromatic heterocycles. The second-order valence-corrected chi connectivity index (χ2v) is 6.69. The second-order valence-electron chi connectivity index (χ2n) is 6.69. The van der Waals surface area contributed by atoms with Gasteiger partial charge < -0.3 is 15.1 Å². The fourth-order valence-corrected chi connectivity index (χ4v) is 3.03. The molecule has 0 aliphatic carbocycles. The second kappa shape index (κ2) is 7.51. The standard InChI is InChI=1S/C19H26N4O/c1-14-5-7-16(8-6-14)18-22-17(13-24-18)9-10-21-19(20)23-11-3-4-15(2)12-23/h5-8,13,15H,3-4,9-12H2,1-2H3,(H2,20,21). The largest absolute Gasteiger partial charge is 0.444 e. The summed E-state index contributed by atoms with van der Waals surface area (Å²) in [5, 5.41) is 0. The minimum Gasteiger partial charge on any atom is -0.444 e. The van der Waals surface area contributed by atoms with Crippen LogP contribution in [0.15, 0.2) is 39.9 Å². The zero-order chi connectivity index (χ0) is 16.9. The number of rotatable bonds is 4. The van der Waals surface area contributed by atoms with Crippen molar-refractivity contribution in [1.82, 2.24) is 9.88 Å². The van der Waals surface area contributed by atoms with Gasteiger partial charge in [0.1, 0.15) is 6.26 Å². The van der Waals surface area contributed by atoms with Crippen LogP contribution < -0.4 is 5.73 Å². The van der Waals surface area contributed by atoms with Gasteiger partial charge in [-0.25, -0.2) is 4.98 Å². The number of hydrogen-bond acceptors (Lipinski definition) is 3. The average Bonchev–Trinajstić information content (AvgIpc) is 3.04. The Morgan fingerprint density at radius 3 is 2.92 bits per heavy atom. The van der Waals surface area contributed by atoms with Crippen molar-refractivity contribution >= 4 is 5.96 Å². The van der Waals surface area contributed by atoms with Gasteiger partial charge in [0.2, 0.25) is 5.89 Å². The van der Waals surface area contributed by atoms with E-state index >= 15 is 0 Å². The molecule has 1 aromatic carbocycles. The van der Waals surface area contributed by atoms with E-state index in [9.17, 15) is 0 Å². The van der Waals surface area contributed by atoms with Gasteiger partial charge in [-0.1, -0.05) is 24.6 Å². The number of oxazole rings is 1. The van der Waals surface area contributed by atoms with Crippen molar-refractivity contribution < 1.29 is 4.42 Å². The third-order valence-electron chi connectivity index (χ3n) is 4.47. The van der Waals surface area contributed by atoms with E-state index in [1.807, 2.05) is 12.1 Å². The van der Waals surface area contributed by atoms with Crippen LogP contribution >= 0.6 is 0 Å². The number of aromatic nitrogens is 1. The van der Waals surface area contributed by atoms with Crippen molar-refractivity contribution in [3.8, 4) is 11.5 Å². The Balaban J connectivity index is 1.55. The van der Waals surface area contributed by atoms with Gasteiger partial charge in [0, 0.05) is 31.6 Å². The summed E-state index contributed by atoms with van der Waals surface area (Å²) in [6.07, 6.45) is 4.93. The summed E-state index contributed by atoms with van der Waals surface area (Å²) < 4.78 is 5.58. The average molecular weight is 326 g/mol. The number of benzene rings is 1. The van der Waals surface area contributed by atoms with Gasteiger partial charge in [0.15, 0.2) is 5.96 Å². The van der Waals surface area contributed by atoms with Crippen molar-refractivity contribution in [2.24, 2.45) is 16.6 Å². The van der Waals surface area contributed by atoms with Crippen LogP contribution in [0, 0.1) is 12.8 Å². The van der Waals surface area contributed by atoms with E-state index in [-0.39, 0.29) is 0 Å². The van der Waals surface area contributed by atoms with E-state index in [0.29, 0.717) is 24.3 Å². The monoisotopic (exact) mass is 326 g/mol. The first-order valence-electron chi connectivity index (χ1n) is 8.68. The van der Waals surface area contributed by atoms with Crippen LogP contribution in [-0.4, -0.2) is 35.5 Å². The summed E-state index contributed by atoms with van der Waals surface area (Å²) >= 11 is 0. The summed E-state index contributed by atoms with van der Waals surface area (Å²) in [6.45, 7) is 6.99. The van der Waals surface area contributed by atoms with Crippen LogP contribution in [0.1, 0.15) is 31.0 Å². The zero-order valence-corrected chi connectivity index (χ0v) is 14.5. The summed E-state index contributed by atoms with van der Waals surface area (Å²) in [4.78, 5) is 11.2. The number of nitrogens with two attached hydrogens (primary N) is 1. The first-order chi connectivity index (χ1) is 11.6. The maximum atomic E-state index is 6.12. The quantitative estimate of drug-likeness (QED) is 0.692. The van der Waals surface area contributed by atoms with Crippen molar-refractivity contribution in [3.05, 3.63) is 41.8 Å². The van der Waals surface area contributed by atoms with E-state index in [0.717, 1.165) is 30.8 Å². The lowest BCUT2D eigenvalue weighted by Gasteiger charge is -2.31. The van der Waals surface area contributed by atoms with E-state index in [2.05, 4.69) is 40.9 Å². The van der Waals surface area contributed by atoms with E-state index in [4.69, 9.17) is 10.2 Å². The highest BCUT2D eigenvalue weighted by atomic mass is 16.3. The highest BCUT2D eigenvalue weighted by molar-refractivity contribution is 5.78. The van der Waals surface area contributed by atoms with E-state index in [1.54, 1.807) is 6.26 Å². The summed E-state index contributed by atoms with van der Waals surface area (Å²) in [5.41, 5.74) is 9.25. The molecule has 128 valence electrons. The molecule has 1 saturated heterocycles. The van der Waals surface area contributed by atoms with Gasteiger partial charge in [-0.3, -0.25) is 4.99 Å². The molecule has 2 N–H and O–H groups in total. The molecule has 0 bridgehead atoms. The summed E-state index contributed by atoms with van der Waals surface area (Å²) in [6, 6.07) is 8.17. The smallest absolute Gasteiger partial charge is 0.226 e. The van der Waals surface area contributed by atoms with Crippen LogP contribution in [0.4, 0.5) is 0 Å². The zero-order valence-electron chi connectivity index (χ0n) is 14.5. The first kappa shape index (κ1) is 16.6. The Labute approximate surface area is 143 Å². The van der Waals surface area contributed by atoms with Gasteiger partial charge in [-0.05, 0) is 37.8 Å². The molecule has 2 aromatic rings. The Morgan fingerprint density at radius 2 is 2.17 bits per heavy atom. The SMILES string of the molecule is Cc1ccc(-c2nc(CCN=C(N)N3CCCC(C)C3)co2)cc1. The summed E-state index contributed by atoms with van der Waals surface area (Å²) in [7, 11) is 0. The van der Waals surface area contributed by atoms with Crippen molar-refractivity contribution in [2.45, 2.75) is 33.1 Å². The highest BCUT2D eigenvalue weighted by Crippen LogP contribution is 2.19. The van der Waals surface area contributed by atoms with Crippen LogP contribution in [-0.2, 0) is 6.42 Å². The molecule has 5 nitrogen and oxygen atoms in total. The minimum absolute atomic E-state index is 0.636. The number of aliphatic imine (C=N–C) groups is 1.